The number of nitro groups is 1. The zero-order chi connectivity index (χ0) is 14.7. The lowest BCUT2D eigenvalue weighted by Gasteiger charge is -2.14. The van der Waals surface area contributed by atoms with Crippen LogP contribution in [-0.4, -0.2) is 38.9 Å². The maximum absolute atomic E-state index is 10.8. The summed E-state index contributed by atoms with van der Waals surface area (Å²) in [5, 5.41) is 23.1. The van der Waals surface area contributed by atoms with E-state index < -0.39 is 4.92 Å². The minimum atomic E-state index is -0.573. The van der Waals surface area contributed by atoms with E-state index in [1.54, 1.807) is 0 Å². The van der Waals surface area contributed by atoms with Gasteiger partial charge in [0.2, 0.25) is 0 Å². The third-order valence-electron chi connectivity index (χ3n) is 3.00. The molecule has 1 aromatic heterocycles. The Morgan fingerprint density at radius 1 is 1.75 bits per heavy atom. The third-order valence-corrected chi connectivity index (χ3v) is 4.47. The lowest BCUT2D eigenvalue weighted by atomic mass is 10.2. The van der Waals surface area contributed by atoms with Crippen molar-refractivity contribution in [2.45, 2.75) is 29.7 Å². The molecule has 2 unspecified atom stereocenters. The third kappa shape index (κ3) is 2.99. The number of nitrogens with zero attached hydrogens (tertiary/aromatic N) is 3. The quantitative estimate of drug-likeness (QED) is 0.282. The molecular formula is C11H14N4O4S. The summed E-state index contributed by atoms with van der Waals surface area (Å²) in [5.74, 6) is -0.199. The van der Waals surface area contributed by atoms with Crippen molar-refractivity contribution < 1.29 is 14.9 Å². The molecule has 1 aromatic rings. The number of hydrogen-bond acceptors (Lipinski definition) is 7. The molecule has 0 saturated carbocycles. The van der Waals surface area contributed by atoms with Crippen LogP contribution in [0.15, 0.2) is 22.4 Å². The van der Waals surface area contributed by atoms with E-state index in [-0.39, 0.29) is 28.4 Å². The van der Waals surface area contributed by atoms with E-state index >= 15 is 0 Å². The molecule has 1 aliphatic rings. The highest BCUT2D eigenvalue weighted by atomic mass is 32.2. The van der Waals surface area contributed by atoms with Crippen LogP contribution in [0.4, 0.5) is 5.69 Å². The SMILES string of the molecule is CC1OCCC1Sc1ncc([N+](=O)[O-])cc1C(N)=NO. The molecule has 3 N–H and O–H groups in total. The molecule has 0 radical (unpaired) electrons. The number of nitrogens with two attached hydrogens (primary N) is 1. The number of amidine groups is 1. The van der Waals surface area contributed by atoms with Crippen molar-refractivity contribution in [1.29, 1.82) is 0 Å². The number of thioether (sulfide) groups is 1. The first-order valence-corrected chi connectivity index (χ1v) is 6.81. The van der Waals surface area contributed by atoms with Crippen molar-refractivity contribution in [1.82, 2.24) is 4.98 Å². The van der Waals surface area contributed by atoms with E-state index in [9.17, 15) is 10.1 Å². The van der Waals surface area contributed by atoms with Crippen LogP contribution in [-0.2, 0) is 4.74 Å². The molecule has 2 heterocycles. The first-order chi connectivity index (χ1) is 9.52. The molecule has 2 rings (SSSR count). The molecule has 9 heteroatoms. The number of ether oxygens (including phenoxy) is 1. The maximum Gasteiger partial charge on any atom is 0.288 e. The molecule has 0 aromatic carbocycles. The molecule has 1 aliphatic heterocycles. The highest BCUT2D eigenvalue weighted by molar-refractivity contribution is 8.00. The van der Waals surface area contributed by atoms with Crippen molar-refractivity contribution in [3.05, 3.63) is 27.9 Å². The second-order valence-corrected chi connectivity index (χ2v) is 5.54. The van der Waals surface area contributed by atoms with Gasteiger partial charge in [0, 0.05) is 17.9 Å². The first-order valence-electron chi connectivity index (χ1n) is 5.93. The van der Waals surface area contributed by atoms with E-state index in [2.05, 4.69) is 10.1 Å². The molecule has 0 aliphatic carbocycles. The van der Waals surface area contributed by atoms with Crippen molar-refractivity contribution in [3.8, 4) is 0 Å². The maximum atomic E-state index is 10.8. The Morgan fingerprint density at radius 3 is 3.05 bits per heavy atom. The highest BCUT2D eigenvalue weighted by Crippen LogP contribution is 2.34. The van der Waals surface area contributed by atoms with Crippen molar-refractivity contribution in [3.63, 3.8) is 0 Å². The zero-order valence-corrected chi connectivity index (χ0v) is 11.5. The molecule has 0 spiro atoms. The van der Waals surface area contributed by atoms with Crippen LogP contribution < -0.4 is 5.73 Å². The molecule has 8 nitrogen and oxygen atoms in total. The van der Waals surface area contributed by atoms with Gasteiger partial charge in [-0.15, -0.1) is 0 Å². The average molecular weight is 298 g/mol. The van der Waals surface area contributed by atoms with E-state index in [0.29, 0.717) is 11.6 Å². The Kier molecular flexibility index (Phi) is 4.40. The second kappa shape index (κ2) is 6.06. The normalized spacial score (nSPS) is 22.9. The van der Waals surface area contributed by atoms with Gasteiger partial charge in [-0.2, -0.15) is 0 Å². The summed E-state index contributed by atoms with van der Waals surface area (Å²) in [4.78, 5) is 14.3. The summed E-state index contributed by atoms with van der Waals surface area (Å²) in [5.41, 5.74) is 5.62. The minimum Gasteiger partial charge on any atom is -0.409 e. The molecule has 0 bridgehead atoms. The topological polar surface area (TPSA) is 124 Å². The summed E-state index contributed by atoms with van der Waals surface area (Å²) in [6, 6.07) is 1.25. The second-order valence-electron chi connectivity index (χ2n) is 4.31. The lowest BCUT2D eigenvalue weighted by Crippen LogP contribution is -2.18. The molecular weight excluding hydrogens is 284 g/mol. The standard InChI is InChI=1S/C11H14N4O4S/c1-6-9(2-3-19-6)20-11-8(10(12)14-16)4-7(5-13-11)15(17)18/h4-6,9,16H,2-3H2,1H3,(H2,12,14). The van der Waals surface area contributed by atoms with Crippen molar-refractivity contribution in [2.24, 2.45) is 10.9 Å². The Labute approximate surface area is 119 Å². The van der Waals surface area contributed by atoms with Gasteiger partial charge in [0.1, 0.15) is 11.2 Å². The zero-order valence-electron chi connectivity index (χ0n) is 10.7. The summed E-state index contributed by atoms with van der Waals surface area (Å²) in [7, 11) is 0. The summed E-state index contributed by atoms with van der Waals surface area (Å²) in [6.45, 7) is 2.63. The predicted octanol–water partition coefficient (Wildman–Crippen LogP) is 1.35. The lowest BCUT2D eigenvalue weighted by molar-refractivity contribution is -0.385. The summed E-state index contributed by atoms with van der Waals surface area (Å²) >= 11 is 1.42. The van der Waals surface area contributed by atoms with Crippen LogP contribution in [0.5, 0.6) is 0 Å². The van der Waals surface area contributed by atoms with Gasteiger partial charge in [-0.05, 0) is 13.3 Å². The Hall–Kier alpha value is -1.87. The van der Waals surface area contributed by atoms with Gasteiger partial charge >= 0.3 is 0 Å². The summed E-state index contributed by atoms with van der Waals surface area (Å²) in [6.07, 6.45) is 2.09. The van der Waals surface area contributed by atoms with Crippen LogP contribution in [0.2, 0.25) is 0 Å². The van der Waals surface area contributed by atoms with Gasteiger partial charge in [-0.1, -0.05) is 16.9 Å². The first kappa shape index (κ1) is 14.5. The van der Waals surface area contributed by atoms with Crippen LogP contribution in [0.25, 0.3) is 0 Å². The van der Waals surface area contributed by atoms with Gasteiger partial charge in [-0.3, -0.25) is 10.1 Å². The van der Waals surface area contributed by atoms with E-state index in [1.165, 1.54) is 17.8 Å². The largest absolute Gasteiger partial charge is 0.409 e. The highest BCUT2D eigenvalue weighted by Gasteiger charge is 2.27. The predicted molar refractivity (Wildman–Crippen MR) is 73.1 cm³/mol. The Balaban J connectivity index is 2.33. The van der Waals surface area contributed by atoms with Gasteiger partial charge in [0.25, 0.3) is 5.69 Å². The molecule has 0 amide bonds. The molecule has 1 fully saturated rings. The fourth-order valence-electron chi connectivity index (χ4n) is 1.88. The minimum absolute atomic E-state index is 0.0668. The van der Waals surface area contributed by atoms with Gasteiger partial charge in [-0.25, -0.2) is 4.98 Å². The van der Waals surface area contributed by atoms with Crippen molar-refractivity contribution in [2.75, 3.05) is 6.61 Å². The van der Waals surface area contributed by atoms with E-state index in [0.717, 1.165) is 12.6 Å². The van der Waals surface area contributed by atoms with Crippen molar-refractivity contribution >= 4 is 23.3 Å². The van der Waals surface area contributed by atoms with Gasteiger partial charge < -0.3 is 15.7 Å². The Morgan fingerprint density at radius 2 is 2.50 bits per heavy atom. The van der Waals surface area contributed by atoms with E-state index in [4.69, 9.17) is 15.7 Å². The van der Waals surface area contributed by atoms with Gasteiger partial charge in [0.05, 0.1) is 16.6 Å². The Bertz CT molecular complexity index is 551. The smallest absolute Gasteiger partial charge is 0.288 e. The number of aromatic nitrogens is 1. The molecule has 20 heavy (non-hydrogen) atoms. The number of hydrogen-bond donors (Lipinski definition) is 2. The van der Waals surface area contributed by atoms with Crippen LogP contribution in [0, 0.1) is 10.1 Å². The number of pyridine rings is 1. The van der Waals surface area contributed by atoms with E-state index in [1.807, 2.05) is 6.92 Å². The van der Waals surface area contributed by atoms with Crippen LogP contribution in [0.3, 0.4) is 0 Å². The average Bonchev–Trinajstić information content (AvgIpc) is 2.83. The van der Waals surface area contributed by atoms with Crippen LogP contribution in [0.1, 0.15) is 18.9 Å². The fourth-order valence-corrected chi connectivity index (χ4v) is 3.06. The monoisotopic (exact) mass is 298 g/mol. The number of rotatable bonds is 4. The molecule has 2 atom stereocenters. The van der Waals surface area contributed by atoms with Crippen LogP contribution >= 0.6 is 11.8 Å². The summed E-state index contributed by atoms with van der Waals surface area (Å²) < 4.78 is 5.46. The molecule has 108 valence electrons. The fraction of sp³-hybridized carbons (Fsp3) is 0.455. The molecule has 1 saturated heterocycles. The van der Waals surface area contributed by atoms with Gasteiger partial charge in [0.15, 0.2) is 5.84 Å². The number of oxime groups is 1.